The molecule has 4 heteroatoms. The predicted molar refractivity (Wildman–Crippen MR) is 67.1 cm³/mol. The first-order valence-electron chi connectivity index (χ1n) is 4.64. The van der Waals surface area contributed by atoms with E-state index in [1.165, 1.54) is 5.56 Å². The summed E-state index contributed by atoms with van der Waals surface area (Å²) < 4.78 is 1.06. The Bertz CT molecular complexity index is 341. The van der Waals surface area contributed by atoms with Crippen molar-refractivity contribution < 1.29 is 9.90 Å². The molecule has 0 aliphatic rings. The normalized spacial score (nSPS) is 12.4. The molecular formula is C11H13BrO2S. The van der Waals surface area contributed by atoms with Crippen molar-refractivity contribution in [2.75, 3.05) is 5.75 Å². The van der Waals surface area contributed by atoms with E-state index in [1.54, 1.807) is 18.7 Å². The van der Waals surface area contributed by atoms with E-state index in [1.807, 2.05) is 18.2 Å². The van der Waals surface area contributed by atoms with Gasteiger partial charge in [0.05, 0.1) is 5.92 Å². The van der Waals surface area contributed by atoms with Gasteiger partial charge in [0.15, 0.2) is 0 Å². The molecule has 1 N–H and O–H groups in total. The van der Waals surface area contributed by atoms with Gasteiger partial charge in [0.25, 0.3) is 0 Å². The summed E-state index contributed by atoms with van der Waals surface area (Å²) in [6.07, 6.45) is 0. The number of hydrogen-bond acceptors (Lipinski definition) is 2. The highest BCUT2D eigenvalue weighted by atomic mass is 79.9. The van der Waals surface area contributed by atoms with Crippen LogP contribution >= 0.6 is 27.7 Å². The summed E-state index contributed by atoms with van der Waals surface area (Å²) in [5.74, 6) is 0.512. The average Bonchev–Trinajstić information content (AvgIpc) is 2.17. The van der Waals surface area contributed by atoms with Crippen LogP contribution in [0.4, 0.5) is 0 Å². The monoisotopic (exact) mass is 288 g/mol. The number of carbonyl (C=O) groups is 1. The van der Waals surface area contributed by atoms with Crippen molar-refractivity contribution >= 4 is 33.7 Å². The molecule has 0 saturated heterocycles. The Kier molecular flexibility index (Phi) is 5.19. The summed E-state index contributed by atoms with van der Waals surface area (Å²) in [6.45, 7) is 1.73. The number of aliphatic carboxylic acids is 1. The first-order chi connectivity index (χ1) is 7.09. The van der Waals surface area contributed by atoms with Gasteiger partial charge < -0.3 is 5.11 Å². The van der Waals surface area contributed by atoms with E-state index in [0.29, 0.717) is 5.75 Å². The third-order valence-electron chi connectivity index (χ3n) is 1.95. The highest BCUT2D eigenvalue weighted by Crippen LogP contribution is 2.18. The molecule has 0 aliphatic heterocycles. The molecule has 15 heavy (non-hydrogen) atoms. The van der Waals surface area contributed by atoms with Crippen LogP contribution in [0.5, 0.6) is 0 Å². The molecule has 0 radical (unpaired) electrons. The van der Waals surface area contributed by atoms with Crippen molar-refractivity contribution in [3.05, 3.63) is 34.3 Å². The van der Waals surface area contributed by atoms with Crippen LogP contribution in [0.25, 0.3) is 0 Å². The predicted octanol–water partition coefficient (Wildman–Crippen LogP) is 3.40. The topological polar surface area (TPSA) is 37.3 Å². The lowest BCUT2D eigenvalue weighted by Crippen LogP contribution is -2.11. The largest absolute Gasteiger partial charge is 0.481 e. The first-order valence-corrected chi connectivity index (χ1v) is 6.59. The van der Waals surface area contributed by atoms with Gasteiger partial charge in [-0.3, -0.25) is 4.79 Å². The first kappa shape index (κ1) is 12.6. The Morgan fingerprint density at radius 1 is 1.60 bits per heavy atom. The Morgan fingerprint density at radius 3 is 2.93 bits per heavy atom. The molecule has 0 spiro atoms. The van der Waals surface area contributed by atoms with E-state index in [-0.39, 0.29) is 5.92 Å². The number of halogens is 1. The van der Waals surface area contributed by atoms with Gasteiger partial charge in [0, 0.05) is 16.0 Å². The third-order valence-corrected chi connectivity index (χ3v) is 3.71. The van der Waals surface area contributed by atoms with Crippen molar-refractivity contribution in [3.8, 4) is 0 Å². The van der Waals surface area contributed by atoms with Gasteiger partial charge in [-0.2, -0.15) is 11.8 Å². The van der Waals surface area contributed by atoms with Gasteiger partial charge in [0.2, 0.25) is 0 Å². The highest BCUT2D eigenvalue weighted by molar-refractivity contribution is 9.10. The molecule has 2 nitrogen and oxygen atoms in total. The minimum atomic E-state index is -0.725. The number of benzene rings is 1. The van der Waals surface area contributed by atoms with Crippen molar-refractivity contribution in [2.24, 2.45) is 5.92 Å². The lowest BCUT2D eigenvalue weighted by molar-refractivity contribution is -0.140. The lowest BCUT2D eigenvalue weighted by atomic mass is 10.2. The van der Waals surface area contributed by atoms with Crippen LogP contribution < -0.4 is 0 Å². The Balaban J connectivity index is 2.35. The Hall–Kier alpha value is -0.480. The maximum absolute atomic E-state index is 10.6. The quantitative estimate of drug-likeness (QED) is 0.902. The van der Waals surface area contributed by atoms with E-state index < -0.39 is 5.97 Å². The van der Waals surface area contributed by atoms with Crippen LogP contribution in [0.3, 0.4) is 0 Å². The highest BCUT2D eigenvalue weighted by Gasteiger charge is 2.10. The molecule has 0 aromatic heterocycles. The number of thioether (sulfide) groups is 1. The van der Waals surface area contributed by atoms with Crippen molar-refractivity contribution in [3.63, 3.8) is 0 Å². The van der Waals surface area contributed by atoms with Gasteiger partial charge in [-0.1, -0.05) is 35.0 Å². The van der Waals surface area contributed by atoms with Crippen LogP contribution in [0.2, 0.25) is 0 Å². The molecule has 1 aromatic rings. The number of hydrogen-bond donors (Lipinski definition) is 1. The summed E-state index contributed by atoms with van der Waals surface area (Å²) >= 11 is 5.05. The van der Waals surface area contributed by atoms with Crippen LogP contribution in [-0.4, -0.2) is 16.8 Å². The lowest BCUT2D eigenvalue weighted by Gasteiger charge is -2.05. The maximum Gasteiger partial charge on any atom is 0.307 e. The molecule has 0 saturated carbocycles. The van der Waals surface area contributed by atoms with Crippen molar-refractivity contribution in [2.45, 2.75) is 12.7 Å². The van der Waals surface area contributed by atoms with E-state index >= 15 is 0 Å². The van der Waals surface area contributed by atoms with Crippen LogP contribution in [0, 0.1) is 5.92 Å². The zero-order valence-electron chi connectivity index (χ0n) is 8.44. The molecule has 0 amide bonds. The minimum absolute atomic E-state index is 0.276. The average molecular weight is 289 g/mol. The second kappa shape index (κ2) is 6.18. The molecule has 0 fully saturated rings. The fourth-order valence-corrected chi connectivity index (χ4v) is 2.53. The molecule has 1 atom stereocenters. The minimum Gasteiger partial charge on any atom is -0.481 e. The standard InChI is InChI=1S/C11H13BrO2S/c1-8(11(13)14)6-15-7-9-3-2-4-10(12)5-9/h2-5,8H,6-7H2,1H3,(H,13,14). The van der Waals surface area contributed by atoms with E-state index in [9.17, 15) is 4.79 Å². The summed E-state index contributed by atoms with van der Waals surface area (Å²) in [5.41, 5.74) is 1.21. The summed E-state index contributed by atoms with van der Waals surface area (Å²) in [4.78, 5) is 10.6. The SMILES string of the molecule is CC(CSCc1cccc(Br)c1)C(=O)O. The molecular weight excluding hydrogens is 276 g/mol. The molecule has 0 bridgehead atoms. The van der Waals surface area contributed by atoms with Gasteiger partial charge in [-0.15, -0.1) is 0 Å². The number of carboxylic acids is 1. The number of rotatable bonds is 5. The molecule has 1 unspecified atom stereocenters. The van der Waals surface area contributed by atoms with Gasteiger partial charge >= 0.3 is 5.97 Å². The molecule has 1 rings (SSSR count). The second-order valence-corrected chi connectivity index (χ2v) is 5.33. The summed E-state index contributed by atoms with van der Waals surface area (Å²) in [6, 6.07) is 8.07. The summed E-state index contributed by atoms with van der Waals surface area (Å²) in [5, 5.41) is 8.70. The Morgan fingerprint density at radius 2 is 2.33 bits per heavy atom. The summed E-state index contributed by atoms with van der Waals surface area (Å²) in [7, 11) is 0. The maximum atomic E-state index is 10.6. The van der Waals surface area contributed by atoms with Gasteiger partial charge in [0.1, 0.15) is 0 Å². The second-order valence-electron chi connectivity index (χ2n) is 3.38. The fourth-order valence-electron chi connectivity index (χ4n) is 1.05. The smallest absolute Gasteiger partial charge is 0.307 e. The van der Waals surface area contributed by atoms with Crippen LogP contribution in [0.1, 0.15) is 12.5 Å². The zero-order valence-corrected chi connectivity index (χ0v) is 10.8. The zero-order chi connectivity index (χ0) is 11.3. The Labute approximate surface area is 102 Å². The van der Waals surface area contributed by atoms with Crippen molar-refractivity contribution in [1.29, 1.82) is 0 Å². The van der Waals surface area contributed by atoms with E-state index in [2.05, 4.69) is 22.0 Å². The molecule has 82 valence electrons. The van der Waals surface area contributed by atoms with Gasteiger partial charge in [-0.05, 0) is 17.7 Å². The van der Waals surface area contributed by atoms with Crippen LogP contribution in [-0.2, 0) is 10.5 Å². The fraction of sp³-hybridized carbons (Fsp3) is 0.364. The molecule has 0 aliphatic carbocycles. The molecule has 0 heterocycles. The molecule has 1 aromatic carbocycles. The van der Waals surface area contributed by atoms with Gasteiger partial charge in [-0.25, -0.2) is 0 Å². The van der Waals surface area contributed by atoms with Crippen molar-refractivity contribution in [1.82, 2.24) is 0 Å². The van der Waals surface area contributed by atoms with E-state index in [4.69, 9.17) is 5.11 Å². The van der Waals surface area contributed by atoms with Crippen LogP contribution in [0.15, 0.2) is 28.7 Å². The number of carboxylic acid groups (broad SMARTS) is 1. The third kappa shape index (κ3) is 4.71. The van der Waals surface area contributed by atoms with E-state index in [0.717, 1.165) is 10.2 Å².